The van der Waals surface area contributed by atoms with Gasteiger partial charge in [0.2, 0.25) is 5.91 Å². The molecule has 0 saturated carbocycles. The molecule has 0 aliphatic heterocycles. The van der Waals surface area contributed by atoms with E-state index in [2.05, 4.69) is 5.32 Å². The lowest BCUT2D eigenvalue weighted by Crippen LogP contribution is -2.30. The van der Waals surface area contributed by atoms with Crippen LogP contribution in [-0.2, 0) is 14.3 Å². The van der Waals surface area contributed by atoms with E-state index in [4.69, 9.17) is 4.74 Å². The molecule has 2 unspecified atom stereocenters. The average molecular weight is 197 g/mol. The minimum atomic E-state index is -0.263. The van der Waals surface area contributed by atoms with Crippen molar-refractivity contribution in [2.24, 2.45) is 5.92 Å². The molecule has 1 N–H and O–H groups in total. The predicted molar refractivity (Wildman–Crippen MR) is 51.5 cm³/mol. The zero-order valence-electron chi connectivity index (χ0n) is 8.45. The smallest absolute Gasteiger partial charge is 0.302 e. The van der Waals surface area contributed by atoms with E-state index >= 15 is 0 Å². The Hall–Kier alpha value is -1.32. The van der Waals surface area contributed by atoms with E-state index < -0.39 is 0 Å². The number of ether oxygens (including phenoxy) is 1. The van der Waals surface area contributed by atoms with Crippen molar-refractivity contribution in [3.8, 4) is 0 Å². The molecule has 0 aromatic heterocycles. The molecular weight excluding hydrogens is 182 g/mol. The Kier molecular flexibility index (Phi) is 3.68. The second kappa shape index (κ2) is 4.79. The van der Waals surface area contributed by atoms with Crippen molar-refractivity contribution in [1.82, 2.24) is 5.32 Å². The minimum Gasteiger partial charge on any atom is -0.465 e. The van der Waals surface area contributed by atoms with Crippen molar-refractivity contribution in [3.05, 3.63) is 12.2 Å². The van der Waals surface area contributed by atoms with Crippen molar-refractivity contribution in [2.45, 2.75) is 26.3 Å². The number of rotatable bonds is 3. The summed E-state index contributed by atoms with van der Waals surface area (Å²) in [7, 11) is 0. The molecule has 2 atom stereocenters. The number of hydrogen-bond acceptors (Lipinski definition) is 3. The van der Waals surface area contributed by atoms with Gasteiger partial charge >= 0.3 is 5.97 Å². The van der Waals surface area contributed by atoms with Gasteiger partial charge in [-0.3, -0.25) is 9.59 Å². The lowest BCUT2D eigenvalue weighted by atomic mass is 10.1. The van der Waals surface area contributed by atoms with Crippen LogP contribution in [0.1, 0.15) is 20.3 Å². The summed E-state index contributed by atoms with van der Waals surface area (Å²) >= 11 is 0. The van der Waals surface area contributed by atoms with Gasteiger partial charge in [-0.05, 0) is 6.42 Å². The molecule has 1 aliphatic rings. The zero-order chi connectivity index (χ0) is 10.6. The largest absolute Gasteiger partial charge is 0.465 e. The molecule has 14 heavy (non-hydrogen) atoms. The first-order chi connectivity index (χ1) is 6.58. The summed E-state index contributed by atoms with van der Waals surface area (Å²) in [5.41, 5.74) is 0. The predicted octanol–water partition coefficient (Wildman–Crippen LogP) is 0.630. The molecule has 0 radical (unpaired) electrons. The lowest BCUT2D eigenvalue weighted by Gasteiger charge is -2.12. The fourth-order valence-corrected chi connectivity index (χ4v) is 1.49. The van der Waals surface area contributed by atoms with E-state index in [1.165, 1.54) is 13.8 Å². The summed E-state index contributed by atoms with van der Waals surface area (Å²) in [5.74, 6) is -0.0649. The van der Waals surface area contributed by atoms with Crippen LogP contribution in [0.2, 0.25) is 0 Å². The fourth-order valence-electron chi connectivity index (χ4n) is 1.49. The SMILES string of the molecule is CC(=O)NC1C=CC(COC(C)=O)C1. The van der Waals surface area contributed by atoms with Crippen molar-refractivity contribution < 1.29 is 14.3 Å². The third kappa shape index (κ3) is 3.60. The molecule has 1 amide bonds. The first-order valence-electron chi connectivity index (χ1n) is 4.66. The monoisotopic (exact) mass is 197 g/mol. The van der Waals surface area contributed by atoms with Crippen LogP contribution >= 0.6 is 0 Å². The minimum absolute atomic E-state index is 0.0345. The number of hydrogen-bond donors (Lipinski definition) is 1. The Morgan fingerprint density at radius 1 is 1.43 bits per heavy atom. The number of amides is 1. The van der Waals surface area contributed by atoms with Crippen LogP contribution in [0.25, 0.3) is 0 Å². The van der Waals surface area contributed by atoms with Crippen molar-refractivity contribution in [1.29, 1.82) is 0 Å². The van der Waals surface area contributed by atoms with Crippen LogP contribution in [0, 0.1) is 5.92 Å². The number of carbonyl (C=O) groups excluding carboxylic acids is 2. The van der Waals surface area contributed by atoms with Crippen LogP contribution in [0.3, 0.4) is 0 Å². The van der Waals surface area contributed by atoms with Gasteiger partial charge in [0.1, 0.15) is 0 Å². The molecule has 78 valence electrons. The molecule has 0 heterocycles. The topological polar surface area (TPSA) is 55.4 Å². The third-order valence-electron chi connectivity index (χ3n) is 2.06. The quantitative estimate of drug-likeness (QED) is 0.533. The molecule has 4 nitrogen and oxygen atoms in total. The van der Waals surface area contributed by atoms with Gasteiger partial charge in [0.25, 0.3) is 0 Å². The molecular formula is C10H15NO3. The summed E-state index contributed by atoms with van der Waals surface area (Å²) in [6.45, 7) is 3.29. The summed E-state index contributed by atoms with van der Waals surface area (Å²) < 4.78 is 4.88. The van der Waals surface area contributed by atoms with Crippen molar-refractivity contribution in [2.75, 3.05) is 6.61 Å². The Labute approximate surface area is 83.3 Å². The van der Waals surface area contributed by atoms with Crippen LogP contribution < -0.4 is 5.32 Å². The molecule has 0 aromatic rings. The fraction of sp³-hybridized carbons (Fsp3) is 0.600. The first kappa shape index (κ1) is 10.8. The molecule has 0 fully saturated rings. The summed E-state index contributed by atoms with van der Waals surface area (Å²) in [6, 6.07) is 0.0908. The van der Waals surface area contributed by atoms with Gasteiger partial charge in [-0.15, -0.1) is 0 Å². The number of esters is 1. The average Bonchev–Trinajstić information content (AvgIpc) is 2.47. The standard InChI is InChI=1S/C10H15NO3/c1-7(12)11-10-4-3-9(5-10)6-14-8(2)13/h3-4,9-10H,5-6H2,1-2H3,(H,11,12). The highest BCUT2D eigenvalue weighted by Gasteiger charge is 2.19. The molecule has 0 aromatic carbocycles. The maximum absolute atomic E-state index is 10.7. The Bertz CT molecular complexity index is 260. The van der Waals surface area contributed by atoms with Gasteiger partial charge in [-0.2, -0.15) is 0 Å². The van der Waals surface area contributed by atoms with E-state index in [0.717, 1.165) is 6.42 Å². The first-order valence-corrected chi connectivity index (χ1v) is 4.66. The van der Waals surface area contributed by atoms with Gasteiger partial charge in [0.15, 0.2) is 0 Å². The van der Waals surface area contributed by atoms with E-state index in [9.17, 15) is 9.59 Å². The Balaban J connectivity index is 2.25. The molecule has 4 heteroatoms. The third-order valence-corrected chi connectivity index (χ3v) is 2.06. The van der Waals surface area contributed by atoms with E-state index in [0.29, 0.717) is 6.61 Å². The Morgan fingerprint density at radius 3 is 2.71 bits per heavy atom. The summed E-state index contributed by atoms with van der Waals surface area (Å²) in [6.07, 6.45) is 4.73. The second-order valence-electron chi connectivity index (χ2n) is 3.49. The highest BCUT2D eigenvalue weighted by Crippen LogP contribution is 2.18. The maximum atomic E-state index is 10.7. The van der Waals surface area contributed by atoms with Crippen molar-refractivity contribution >= 4 is 11.9 Å². The lowest BCUT2D eigenvalue weighted by molar-refractivity contribution is -0.141. The van der Waals surface area contributed by atoms with Gasteiger partial charge in [0, 0.05) is 25.8 Å². The van der Waals surface area contributed by atoms with Crippen LogP contribution in [-0.4, -0.2) is 24.5 Å². The normalized spacial score (nSPS) is 24.7. The van der Waals surface area contributed by atoms with Gasteiger partial charge in [-0.1, -0.05) is 12.2 Å². The van der Waals surface area contributed by atoms with Gasteiger partial charge < -0.3 is 10.1 Å². The van der Waals surface area contributed by atoms with E-state index in [1.54, 1.807) is 0 Å². The van der Waals surface area contributed by atoms with E-state index in [-0.39, 0.29) is 23.8 Å². The van der Waals surface area contributed by atoms with Crippen LogP contribution in [0.15, 0.2) is 12.2 Å². The Morgan fingerprint density at radius 2 is 2.14 bits per heavy atom. The van der Waals surface area contributed by atoms with Gasteiger partial charge in [0.05, 0.1) is 6.61 Å². The maximum Gasteiger partial charge on any atom is 0.302 e. The van der Waals surface area contributed by atoms with Crippen LogP contribution in [0.4, 0.5) is 0 Å². The second-order valence-corrected chi connectivity index (χ2v) is 3.49. The highest BCUT2D eigenvalue weighted by molar-refractivity contribution is 5.73. The number of nitrogens with one attached hydrogen (secondary N) is 1. The van der Waals surface area contributed by atoms with E-state index in [1.807, 2.05) is 12.2 Å². The van der Waals surface area contributed by atoms with Crippen LogP contribution in [0.5, 0.6) is 0 Å². The molecule has 0 spiro atoms. The molecule has 1 aliphatic carbocycles. The molecule has 1 rings (SSSR count). The van der Waals surface area contributed by atoms with Crippen molar-refractivity contribution in [3.63, 3.8) is 0 Å². The summed E-state index contributed by atoms with van der Waals surface area (Å²) in [5, 5.41) is 2.79. The number of carbonyl (C=O) groups is 2. The molecule has 0 bridgehead atoms. The summed E-state index contributed by atoms with van der Waals surface area (Å²) in [4.78, 5) is 21.3. The zero-order valence-corrected chi connectivity index (χ0v) is 8.45. The van der Waals surface area contributed by atoms with Gasteiger partial charge in [-0.25, -0.2) is 0 Å². The highest BCUT2D eigenvalue weighted by atomic mass is 16.5. The molecule has 0 saturated heterocycles.